The molecule has 0 unspecified atom stereocenters. The molecule has 0 saturated carbocycles. The number of halogens is 3. The molecule has 0 saturated heterocycles. The maximum absolute atomic E-state index is 3.92. The van der Waals surface area contributed by atoms with Crippen molar-refractivity contribution in [1.29, 1.82) is 0 Å². The molecule has 0 atom stereocenters. The predicted molar refractivity (Wildman–Crippen MR) is 152 cm³/mol. The van der Waals surface area contributed by atoms with Gasteiger partial charge in [-0.2, -0.15) is 0 Å². The summed E-state index contributed by atoms with van der Waals surface area (Å²) < 4.78 is 3.61. The van der Waals surface area contributed by atoms with Crippen molar-refractivity contribution in [3.05, 3.63) is 54.9 Å². The second-order valence-electron chi connectivity index (χ2n) is 9.62. The Bertz CT molecular complexity index is 855. The second kappa shape index (κ2) is 13.1. The van der Waals surface area contributed by atoms with Crippen LogP contribution in [0.3, 0.4) is 0 Å². The van der Waals surface area contributed by atoms with Crippen LogP contribution < -0.4 is 0 Å². The van der Waals surface area contributed by atoms with Crippen LogP contribution in [-0.2, 0) is 5.41 Å². The molecule has 0 aliphatic heterocycles. The first-order valence-corrected chi connectivity index (χ1v) is 15.2. The van der Waals surface area contributed by atoms with E-state index in [9.17, 15) is 0 Å². The fraction of sp³-hybridized carbons (Fsp3) is 0.586. The highest BCUT2D eigenvalue weighted by Crippen LogP contribution is 2.57. The zero-order valence-corrected chi connectivity index (χ0v) is 24.7. The number of benzene rings is 2. The Balaban J connectivity index is 1.90. The Hall–Kier alpha value is -0.120. The first kappa shape index (κ1) is 26.5. The lowest BCUT2D eigenvalue weighted by molar-refractivity contribution is 0.397. The summed E-state index contributed by atoms with van der Waals surface area (Å²) in [6, 6.07) is 11.6. The van der Waals surface area contributed by atoms with E-state index >= 15 is 0 Å². The van der Waals surface area contributed by atoms with Crippen molar-refractivity contribution in [2.45, 2.75) is 109 Å². The highest BCUT2D eigenvalue weighted by atomic mass is 79.9. The fourth-order valence-electron chi connectivity index (χ4n) is 5.58. The van der Waals surface area contributed by atoms with Gasteiger partial charge in [-0.1, -0.05) is 145 Å². The highest BCUT2D eigenvalue weighted by Gasteiger charge is 2.43. The molecular formula is C29H39Br3. The SMILES string of the molecule is CCCCCCCCC1(CCCCCCCC)c2cc(Br)ccc2-c2c(Br)cc(Br)cc21. The van der Waals surface area contributed by atoms with Crippen LogP contribution in [0.15, 0.2) is 43.7 Å². The van der Waals surface area contributed by atoms with E-state index in [1.807, 2.05) is 0 Å². The van der Waals surface area contributed by atoms with E-state index in [1.165, 1.54) is 120 Å². The molecule has 0 aromatic heterocycles. The molecule has 1 aliphatic carbocycles. The third-order valence-electron chi connectivity index (χ3n) is 7.25. The van der Waals surface area contributed by atoms with E-state index in [0.29, 0.717) is 0 Å². The first-order chi connectivity index (χ1) is 15.5. The maximum atomic E-state index is 3.92. The standard InChI is InChI=1S/C29H39Br3/c1-3-5-7-9-11-13-17-29(18-14-12-10-8-6-4-2)25-19-22(30)15-16-24(25)28-26(29)20-23(31)21-27(28)32/h15-16,19-21H,3-14,17-18H2,1-2H3. The summed E-state index contributed by atoms with van der Waals surface area (Å²) in [5, 5.41) is 0. The van der Waals surface area contributed by atoms with Crippen LogP contribution in [0.1, 0.15) is 115 Å². The third kappa shape index (κ3) is 6.30. The minimum absolute atomic E-state index is 0.135. The topological polar surface area (TPSA) is 0 Å². The van der Waals surface area contributed by atoms with Crippen LogP contribution in [0.2, 0.25) is 0 Å². The van der Waals surface area contributed by atoms with Gasteiger partial charge in [-0.25, -0.2) is 0 Å². The number of hydrogen-bond donors (Lipinski definition) is 0. The van der Waals surface area contributed by atoms with Crippen LogP contribution in [0, 0.1) is 0 Å². The normalized spacial score (nSPS) is 13.9. The van der Waals surface area contributed by atoms with Gasteiger partial charge in [-0.3, -0.25) is 0 Å². The summed E-state index contributed by atoms with van der Waals surface area (Å²) in [7, 11) is 0. The summed E-state index contributed by atoms with van der Waals surface area (Å²) in [5.74, 6) is 0. The van der Waals surface area contributed by atoms with E-state index in [-0.39, 0.29) is 5.41 Å². The molecular weight excluding hydrogens is 588 g/mol. The average Bonchev–Trinajstić information content (AvgIpc) is 3.02. The van der Waals surface area contributed by atoms with E-state index in [4.69, 9.17) is 0 Å². The summed E-state index contributed by atoms with van der Waals surface area (Å²) in [4.78, 5) is 0. The Morgan fingerprint density at radius 1 is 0.594 bits per heavy atom. The molecule has 176 valence electrons. The lowest BCUT2D eigenvalue weighted by Gasteiger charge is -2.33. The smallest absolute Gasteiger partial charge is 0.0268 e. The molecule has 0 fully saturated rings. The molecule has 0 N–H and O–H groups in total. The molecule has 2 aromatic rings. The van der Waals surface area contributed by atoms with Crippen LogP contribution >= 0.6 is 47.8 Å². The van der Waals surface area contributed by atoms with Crippen molar-refractivity contribution in [3.63, 3.8) is 0 Å². The number of unbranched alkanes of at least 4 members (excludes halogenated alkanes) is 10. The zero-order valence-electron chi connectivity index (χ0n) is 19.9. The lowest BCUT2D eigenvalue weighted by Crippen LogP contribution is -2.25. The molecule has 32 heavy (non-hydrogen) atoms. The summed E-state index contributed by atoms with van der Waals surface area (Å²) in [5.41, 5.74) is 6.07. The van der Waals surface area contributed by atoms with Crippen molar-refractivity contribution < 1.29 is 0 Å². The maximum Gasteiger partial charge on any atom is 0.0268 e. The summed E-state index contributed by atoms with van der Waals surface area (Å²) >= 11 is 11.5. The van der Waals surface area contributed by atoms with Gasteiger partial charge in [0.25, 0.3) is 0 Å². The Labute approximate surface area is 221 Å². The lowest BCUT2D eigenvalue weighted by atomic mass is 9.70. The van der Waals surface area contributed by atoms with Gasteiger partial charge >= 0.3 is 0 Å². The number of rotatable bonds is 14. The molecule has 0 amide bonds. The van der Waals surface area contributed by atoms with Crippen LogP contribution in [0.5, 0.6) is 0 Å². The van der Waals surface area contributed by atoms with Gasteiger partial charge in [-0.15, -0.1) is 0 Å². The number of fused-ring (bicyclic) bond motifs is 3. The minimum Gasteiger partial charge on any atom is -0.0654 e. The molecule has 0 bridgehead atoms. The van der Waals surface area contributed by atoms with Gasteiger partial charge in [0.15, 0.2) is 0 Å². The highest BCUT2D eigenvalue weighted by molar-refractivity contribution is 9.11. The Kier molecular flexibility index (Phi) is 10.8. The monoisotopic (exact) mass is 624 g/mol. The molecule has 0 nitrogen and oxygen atoms in total. The molecule has 0 radical (unpaired) electrons. The number of hydrogen-bond acceptors (Lipinski definition) is 0. The van der Waals surface area contributed by atoms with Crippen molar-refractivity contribution in [2.24, 2.45) is 0 Å². The zero-order chi connectivity index (χ0) is 23.0. The quantitative estimate of drug-likeness (QED) is 0.183. The summed E-state index contributed by atoms with van der Waals surface area (Å²) in [6.45, 7) is 4.60. The van der Waals surface area contributed by atoms with E-state index in [2.05, 4.69) is 92.0 Å². The molecule has 2 aromatic carbocycles. The van der Waals surface area contributed by atoms with E-state index in [0.717, 1.165) is 0 Å². The van der Waals surface area contributed by atoms with Gasteiger partial charge in [-0.05, 0) is 53.8 Å². The largest absolute Gasteiger partial charge is 0.0654 e. The van der Waals surface area contributed by atoms with Crippen molar-refractivity contribution in [3.8, 4) is 11.1 Å². The van der Waals surface area contributed by atoms with E-state index in [1.54, 1.807) is 5.56 Å². The third-order valence-corrected chi connectivity index (χ3v) is 8.83. The molecule has 0 spiro atoms. The second-order valence-corrected chi connectivity index (χ2v) is 12.3. The van der Waals surface area contributed by atoms with Crippen LogP contribution in [0.25, 0.3) is 11.1 Å². The van der Waals surface area contributed by atoms with Gasteiger partial charge in [0.1, 0.15) is 0 Å². The van der Waals surface area contributed by atoms with Crippen LogP contribution in [0.4, 0.5) is 0 Å². The van der Waals surface area contributed by atoms with Gasteiger partial charge in [0.05, 0.1) is 0 Å². The van der Waals surface area contributed by atoms with Gasteiger partial charge in [0.2, 0.25) is 0 Å². The molecule has 1 aliphatic rings. The van der Waals surface area contributed by atoms with E-state index < -0.39 is 0 Å². The van der Waals surface area contributed by atoms with Gasteiger partial charge in [0, 0.05) is 24.4 Å². The summed E-state index contributed by atoms with van der Waals surface area (Å²) in [6.07, 6.45) is 18.8. The van der Waals surface area contributed by atoms with Crippen molar-refractivity contribution >= 4 is 47.8 Å². The first-order valence-electron chi connectivity index (χ1n) is 12.8. The van der Waals surface area contributed by atoms with Crippen molar-refractivity contribution in [1.82, 2.24) is 0 Å². The fourth-order valence-corrected chi connectivity index (χ4v) is 7.38. The molecule has 3 heteroatoms. The molecule has 0 heterocycles. The van der Waals surface area contributed by atoms with Crippen molar-refractivity contribution in [2.75, 3.05) is 0 Å². The van der Waals surface area contributed by atoms with Gasteiger partial charge < -0.3 is 0 Å². The van der Waals surface area contributed by atoms with Crippen LogP contribution in [-0.4, -0.2) is 0 Å². The molecule has 3 rings (SSSR count). The minimum atomic E-state index is 0.135. The Morgan fingerprint density at radius 3 is 1.72 bits per heavy atom. The predicted octanol–water partition coefficient (Wildman–Crippen LogP) is 11.7. The Morgan fingerprint density at radius 2 is 1.12 bits per heavy atom. The average molecular weight is 627 g/mol.